The van der Waals surface area contributed by atoms with E-state index in [4.69, 9.17) is 4.74 Å². The van der Waals surface area contributed by atoms with Gasteiger partial charge < -0.3 is 9.64 Å². The van der Waals surface area contributed by atoms with E-state index in [2.05, 4.69) is 11.1 Å². The Kier molecular flexibility index (Phi) is 5.02. The molecule has 2 rings (SSSR count). The second kappa shape index (κ2) is 6.80. The molecule has 0 aliphatic heterocycles. The van der Waals surface area contributed by atoms with Crippen LogP contribution in [0.4, 0.5) is 0 Å². The van der Waals surface area contributed by atoms with Gasteiger partial charge in [0.2, 0.25) is 0 Å². The SMILES string of the molecule is Cc1nc(-c2ccc(OC(C)C)c(C#N)c2)sc1C(=O)N(C)C. The van der Waals surface area contributed by atoms with Gasteiger partial charge in [-0.05, 0) is 39.0 Å². The van der Waals surface area contributed by atoms with Crippen molar-refractivity contribution in [1.82, 2.24) is 9.88 Å². The first kappa shape index (κ1) is 17.0. The van der Waals surface area contributed by atoms with E-state index in [9.17, 15) is 10.1 Å². The van der Waals surface area contributed by atoms with Crippen molar-refractivity contribution in [2.24, 2.45) is 0 Å². The first-order valence-corrected chi connectivity index (χ1v) is 8.05. The summed E-state index contributed by atoms with van der Waals surface area (Å²) in [6, 6.07) is 7.54. The topological polar surface area (TPSA) is 66.2 Å². The van der Waals surface area contributed by atoms with Crippen LogP contribution in [0, 0.1) is 18.3 Å². The molecule has 0 radical (unpaired) electrons. The summed E-state index contributed by atoms with van der Waals surface area (Å²) in [5.74, 6) is 0.496. The highest BCUT2D eigenvalue weighted by molar-refractivity contribution is 7.17. The Hall–Kier alpha value is -2.39. The number of hydrogen-bond acceptors (Lipinski definition) is 5. The van der Waals surface area contributed by atoms with Gasteiger partial charge in [-0.3, -0.25) is 4.79 Å². The van der Waals surface area contributed by atoms with Crippen molar-refractivity contribution in [3.05, 3.63) is 34.3 Å². The van der Waals surface area contributed by atoms with Crippen LogP contribution >= 0.6 is 11.3 Å². The number of nitrogens with zero attached hydrogens (tertiary/aromatic N) is 3. The maximum atomic E-state index is 12.1. The molecule has 23 heavy (non-hydrogen) atoms. The molecule has 0 aliphatic rings. The van der Waals surface area contributed by atoms with Crippen LogP contribution in [0.3, 0.4) is 0 Å². The fourth-order valence-electron chi connectivity index (χ4n) is 2.03. The lowest BCUT2D eigenvalue weighted by atomic mass is 10.1. The lowest BCUT2D eigenvalue weighted by Crippen LogP contribution is -2.21. The monoisotopic (exact) mass is 329 g/mol. The van der Waals surface area contributed by atoms with E-state index < -0.39 is 0 Å². The van der Waals surface area contributed by atoms with Crippen molar-refractivity contribution in [2.45, 2.75) is 26.9 Å². The zero-order chi connectivity index (χ0) is 17.1. The van der Waals surface area contributed by atoms with E-state index in [1.54, 1.807) is 26.2 Å². The fourth-order valence-corrected chi connectivity index (χ4v) is 3.11. The lowest BCUT2D eigenvalue weighted by Gasteiger charge is -2.11. The number of thiazole rings is 1. The minimum absolute atomic E-state index is 0.000581. The molecular weight excluding hydrogens is 310 g/mol. The van der Waals surface area contributed by atoms with E-state index >= 15 is 0 Å². The number of carbonyl (C=O) groups is 1. The van der Waals surface area contributed by atoms with Gasteiger partial charge >= 0.3 is 0 Å². The molecule has 6 heteroatoms. The largest absolute Gasteiger partial charge is 0.490 e. The molecule has 2 aromatic rings. The Labute approximate surface area is 140 Å². The number of ether oxygens (including phenoxy) is 1. The Bertz CT molecular complexity index is 773. The van der Waals surface area contributed by atoms with Gasteiger partial charge in [0.25, 0.3) is 5.91 Å². The molecular formula is C17H19N3O2S. The third kappa shape index (κ3) is 3.69. The van der Waals surface area contributed by atoms with Gasteiger partial charge in [-0.2, -0.15) is 5.26 Å². The molecule has 0 aliphatic carbocycles. The summed E-state index contributed by atoms with van der Waals surface area (Å²) < 4.78 is 5.63. The number of aryl methyl sites for hydroxylation is 1. The smallest absolute Gasteiger partial charge is 0.265 e. The average molecular weight is 329 g/mol. The van der Waals surface area contributed by atoms with Gasteiger partial charge in [0.15, 0.2) is 0 Å². The van der Waals surface area contributed by atoms with Gasteiger partial charge in [-0.1, -0.05) is 0 Å². The maximum Gasteiger partial charge on any atom is 0.265 e. The first-order chi connectivity index (χ1) is 10.8. The fraction of sp³-hybridized carbons (Fsp3) is 0.353. The number of benzene rings is 1. The third-order valence-corrected chi connectivity index (χ3v) is 4.30. The van der Waals surface area contributed by atoms with Crippen molar-refractivity contribution < 1.29 is 9.53 Å². The summed E-state index contributed by atoms with van der Waals surface area (Å²) in [6.45, 7) is 5.65. The molecule has 0 atom stereocenters. The van der Waals surface area contributed by atoms with Crippen LogP contribution in [0.25, 0.3) is 10.6 Å². The molecule has 0 fully saturated rings. The van der Waals surface area contributed by atoms with E-state index in [1.165, 1.54) is 16.2 Å². The Morgan fingerprint density at radius 2 is 2.09 bits per heavy atom. The molecule has 5 nitrogen and oxygen atoms in total. The van der Waals surface area contributed by atoms with Crippen LogP contribution in [0.15, 0.2) is 18.2 Å². The summed E-state index contributed by atoms with van der Waals surface area (Å²) in [4.78, 5) is 18.8. The highest BCUT2D eigenvalue weighted by Crippen LogP contribution is 2.31. The van der Waals surface area contributed by atoms with E-state index in [1.807, 2.05) is 26.8 Å². The minimum Gasteiger partial charge on any atom is -0.490 e. The Morgan fingerprint density at radius 3 is 2.65 bits per heavy atom. The van der Waals surface area contributed by atoms with Crippen molar-refractivity contribution >= 4 is 17.2 Å². The van der Waals surface area contributed by atoms with Crippen LogP contribution in [-0.4, -0.2) is 36.0 Å². The highest BCUT2D eigenvalue weighted by Gasteiger charge is 2.18. The molecule has 1 heterocycles. The first-order valence-electron chi connectivity index (χ1n) is 7.23. The van der Waals surface area contributed by atoms with E-state index in [-0.39, 0.29) is 12.0 Å². The number of nitriles is 1. The molecule has 0 unspecified atom stereocenters. The average Bonchev–Trinajstić information content (AvgIpc) is 2.88. The predicted octanol–water partition coefficient (Wildman–Crippen LogP) is 3.48. The van der Waals surface area contributed by atoms with E-state index in [0.29, 0.717) is 21.9 Å². The summed E-state index contributed by atoms with van der Waals surface area (Å²) in [5, 5.41) is 10.0. The van der Waals surface area contributed by atoms with Gasteiger partial charge in [-0.25, -0.2) is 4.98 Å². The summed E-state index contributed by atoms with van der Waals surface area (Å²) in [5.41, 5.74) is 1.97. The molecule has 0 saturated carbocycles. The van der Waals surface area contributed by atoms with Crippen LogP contribution in [0.5, 0.6) is 5.75 Å². The molecule has 120 valence electrons. The molecule has 0 spiro atoms. The summed E-state index contributed by atoms with van der Waals surface area (Å²) in [6.07, 6.45) is -0.000581. The second-order valence-electron chi connectivity index (χ2n) is 5.62. The van der Waals surface area contributed by atoms with Crippen molar-refractivity contribution in [2.75, 3.05) is 14.1 Å². The van der Waals surface area contributed by atoms with Crippen LogP contribution < -0.4 is 4.74 Å². The number of rotatable bonds is 4. The Morgan fingerprint density at radius 1 is 1.39 bits per heavy atom. The Balaban J connectivity index is 2.42. The number of aromatic nitrogens is 1. The number of amides is 1. The third-order valence-electron chi connectivity index (χ3n) is 3.11. The molecule has 0 bridgehead atoms. The molecule has 1 aromatic carbocycles. The number of hydrogen-bond donors (Lipinski definition) is 0. The number of carbonyl (C=O) groups excluding carboxylic acids is 1. The summed E-state index contributed by atoms with van der Waals surface area (Å²) in [7, 11) is 3.43. The van der Waals surface area contributed by atoms with Gasteiger partial charge in [0, 0.05) is 19.7 Å². The predicted molar refractivity (Wildman–Crippen MR) is 90.8 cm³/mol. The summed E-state index contributed by atoms with van der Waals surface area (Å²) >= 11 is 1.34. The van der Waals surface area contributed by atoms with Crippen LogP contribution in [-0.2, 0) is 0 Å². The van der Waals surface area contributed by atoms with Gasteiger partial charge in [0.05, 0.1) is 17.4 Å². The second-order valence-corrected chi connectivity index (χ2v) is 6.62. The maximum absolute atomic E-state index is 12.1. The minimum atomic E-state index is -0.0634. The molecule has 1 aromatic heterocycles. The standard InChI is InChI=1S/C17H19N3O2S/c1-10(2)22-14-7-6-12(8-13(14)9-18)16-19-11(3)15(23-16)17(21)20(4)5/h6-8,10H,1-5H3. The quantitative estimate of drug-likeness (QED) is 0.861. The van der Waals surface area contributed by atoms with Gasteiger partial charge in [0.1, 0.15) is 21.7 Å². The highest BCUT2D eigenvalue weighted by atomic mass is 32.1. The normalized spacial score (nSPS) is 10.5. The zero-order valence-electron chi connectivity index (χ0n) is 13.9. The lowest BCUT2D eigenvalue weighted by molar-refractivity contribution is 0.0831. The van der Waals surface area contributed by atoms with Crippen molar-refractivity contribution in [3.63, 3.8) is 0 Å². The van der Waals surface area contributed by atoms with Crippen molar-refractivity contribution in [3.8, 4) is 22.4 Å². The van der Waals surface area contributed by atoms with Crippen LogP contribution in [0.2, 0.25) is 0 Å². The molecule has 0 saturated heterocycles. The van der Waals surface area contributed by atoms with Crippen LogP contribution in [0.1, 0.15) is 34.8 Å². The van der Waals surface area contributed by atoms with Crippen molar-refractivity contribution in [1.29, 1.82) is 5.26 Å². The van der Waals surface area contributed by atoms with Gasteiger partial charge in [-0.15, -0.1) is 11.3 Å². The zero-order valence-corrected chi connectivity index (χ0v) is 14.7. The molecule has 0 N–H and O–H groups in total. The molecule has 1 amide bonds. The van der Waals surface area contributed by atoms with E-state index in [0.717, 1.165) is 10.6 Å².